The van der Waals surface area contributed by atoms with Crippen molar-refractivity contribution in [2.24, 2.45) is 11.1 Å². The molecule has 0 aromatic heterocycles. The van der Waals surface area contributed by atoms with E-state index in [0.29, 0.717) is 19.5 Å². The predicted molar refractivity (Wildman–Crippen MR) is 113 cm³/mol. The lowest BCUT2D eigenvalue weighted by Crippen LogP contribution is -2.25. The van der Waals surface area contributed by atoms with Crippen LogP contribution in [0, 0.1) is 5.41 Å². The number of carbonyl (C=O) groups excluding carboxylic acids is 1. The van der Waals surface area contributed by atoms with E-state index in [1.165, 1.54) is 36.0 Å². The van der Waals surface area contributed by atoms with Gasteiger partial charge in [-0.05, 0) is 51.0 Å². The average molecular weight is 357 g/mol. The van der Waals surface area contributed by atoms with Gasteiger partial charge in [-0.25, -0.2) is 0 Å². The monoisotopic (exact) mass is 356 g/mol. The summed E-state index contributed by atoms with van der Waals surface area (Å²) >= 11 is 0. The average Bonchev–Trinajstić information content (AvgIpc) is 2.54. The minimum absolute atomic E-state index is 0.00311. The second kappa shape index (κ2) is 11.0. The fraction of sp³-hybridized carbons (Fsp3) is 0.522. The maximum absolute atomic E-state index is 11.3. The van der Waals surface area contributed by atoms with Crippen molar-refractivity contribution in [2.75, 3.05) is 13.1 Å². The zero-order chi connectivity index (χ0) is 19.6. The summed E-state index contributed by atoms with van der Waals surface area (Å²) in [6.07, 6.45) is 16.9. The van der Waals surface area contributed by atoms with Gasteiger partial charge in [-0.15, -0.1) is 0 Å². The highest BCUT2D eigenvalue weighted by Gasteiger charge is 2.26. The Kier molecular flexibility index (Phi) is 9.36. The Bertz CT molecular complexity index is 631. The van der Waals surface area contributed by atoms with Crippen LogP contribution in [0.25, 0.3) is 0 Å². The molecule has 0 spiro atoms. The number of carbonyl (C=O) groups is 1. The third kappa shape index (κ3) is 8.01. The van der Waals surface area contributed by atoms with Crippen LogP contribution in [0.15, 0.2) is 58.7 Å². The lowest BCUT2D eigenvalue weighted by atomic mass is 9.72. The number of hydrogen-bond donors (Lipinski definition) is 2. The number of allylic oxidation sites excluding steroid dienone is 9. The molecule has 0 bridgehead atoms. The molecule has 3 N–H and O–H groups in total. The molecule has 1 rings (SSSR count). The van der Waals surface area contributed by atoms with Crippen LogP contribution in [-0.4, -0.2) is 19.0 Å². The molecule has 0 saturated heterocycles. The maximum Gasteiger partial charge on any atom is 0.221 e. The number of amides is 1. The Balaban J connectivity index is 2.59. The highest BCUT2D eigenvalue weighted by molar-refractivity contribution is 5.76. The summed E-state index contributed by atoms with van der Waals surface area (Å²) in [7, 11) is 0. The fourth-order valence-corrected chi connectivity index (χ4v) is 3.25. The summed E-state index contributed by atoms with van der Waals surface area (Å²) < 4.78 is 0. The number of hydrogen-bond acceptors (Lipinski definition) is 2. The van der Waals surface area contributed by atoms with E-state index in [0.717, 1.165) is 5.57 Å². The normalized spacial score (nSPS) is 18.8. The quantitative estimate of drug-likeness (QED) is 0.602. The molecule has 26 heavy (non-hydrogen) atoms. The highest BCUT2D eigenvalue weighted by Crippen LogP contribution is 2.40. The summed E-state index contributed by atoms with van der Waals surface area (Å²) in [6, 6.07) is 0. The summed E-state index contributed by atoms with van der Waals surface area (Å²) in [5, 5.41) is 2.82. The maximum atomic E-state index is 11.3. The van der Waals surface area contributed by atoms with Crippen LogP contribution in [0.1, 0.15) is 60.3 Å². The molecular weight excluding hydrogens is 320 g/mol. The molecule has 3 nitrogen and oxygen atoms in total. The predicted octanol–water partition coefficient (Wildman–Crippen LogP) is 4.98. The molecule has 0 aliphatic heterocycles. The standard InChI is InChI=1S/C23H36N2O/c1-18(11-12-21-20(3)10-7-15-23(21,4)5)8-6-9-19(2)14-17-25-22(26)13-16-24/h6,8-9,11-12,14H,7,10,13,15-17,24H2,1-5H3,(H,25,26). The van der Waals surface area contributed by atoms with Gasteiger partial charge in [-0.2, -0.15) is 0 Å². The molecule has 0 aromatic carbocycles. The van der Waals surface area contributed by atoms with Crippen LogP contribution in [0.5, 0.6) is 0 Å². The van der Waals surface area contributed by atoms with Crippen LogP contribution in [0.2, 0.25) is 0 Å². The van der Waals surface area contributed by atoms with Gasteiger partial charge in [0.1, 0.15) is 0 Å². The van der Waals surface area contributed by atoms with Gasteiger partial charge in [0.05, 0.1) is 0 Å². The first-order valence-corrected chi connectivity index (χ1v) is 9.63. The van der Waals surface area contributed by atoms with Crippen molar-refractivity contribution in [1.82, 2.24) is 5.32 Å². The fourth-order valence-electron chi connectivity index (χ4n) is 3.25. The van der Waals surface area contributed by atoms with E-state index >= 15 is 0 Å². The van der Waals surface area contributed by atoms with E-state index in [9.17, 15) is 4.79 Å². The molecule has 1 amide bonds. The second-order valence-corrected chi connectivity index (χ2v) is 7.83. The van der Waals surface area contributed by atoms with Crippen molar-refractivity contribution in [3.63, 3.8) is 0 Å². The Labute approximate surface area is 159 Å². The van der Waals surface area contributed by atoms with Gasteiger partial charge < -0.3 is 11.1 Å². The van der Waals surface area contributed by atoms with E-state index in [-0.39, 0.29) is 11.3 Å². The number of nitrogens with one attached hydrogen (secondary N) is 1. The van der Waals surface area contributed by atoms with Gasteiger partial charge in [0.2, 0.25) is 5.91 Å². The second-order valence-electron chi connectivity index (χ2n) is 7.83. The van der Waals surface area contributed by atoms with Crippen molar-refractivity contribution < 1.29 is 4.79 Å². The Morgan fingerprint density at radius 2 is 1.96 bits per heavy atom. The minimum Gasteiger partial charge on any atom is -0.353 e. The van der Waals surface area contributed by atoms with Crippen molar-refractivity contribution in [3.05, 3.63) is 58.7 Å². The lowest BCUT2D eigenvalue weighted by Gasteiger charge is -2.32. The van der Waals surface area contributed by atoms with Gasteiger partial charge in [0.15, 0.2) is 0 Å². The smallest absolute Gasteiger partial charge is 0.221 e. The van der Waals surface area contributed by atoms with E-state index in [1.54, 1.807) is 0 Å². The molecule has 0 aromatic rings. The van der Waals surface area contributed by atoms with Crippen molar-refractivity contribution >= 4 is 5.91 Å². The number of rotatable bonds is 8. The van der Waals surface area contributed by atoms with Crippen LogP contribution in [0.3, 0.4) is 0 Å². The van der Waals surface area contributed by atoms with Crippen LogP contribution < -0.4 is 11.1 Å². The van der Waals surface area contributed by atoms with Gasteiger partial charge in [-0.1, -0.05) is 67.0 Å². The SMILES string of the molecule is CC(C=CC1=C(C)CCCC1(C)C)=CC=CC(C)=CCNC(=O)CCN. The lowest BCUT2D eigenvalue weighted by molar-refractivity contribution is -0.120. The van der Waals surface area contributed by atoms with Crippen molar-refractivity contribution in [3.8, 4) is 0 Å². The Morgan fingerprint density at radius 3 is 2.62 bits per heavy atom. The molecule has 3 heteroatoms. The molecule has 0 unspecified atom stereocenters. The first-order valence-electron chi connectivity index (χ1n) is 9.63. The van der Waals surface area contributed by atoms with E-state index in [1.807, 2.05) is 13.0 Å². The number of nitrogens with two attached hydrogens (primary N) is 1. The largest absolute Gasteiger partial charge is 0.353 e. The first kappa shape index (κ1) is 22.2. The van der Waals surface area contributed by atoms with Gasteiger partial charge in [-0.3, -0.25) is 4.79 Å². The molecule has 0 atom stereocenters. The van der Waals surface area contributed by atoms with Crippen molar-refractivity contribution in [1.29, 1.82) is 0 Å². The van der Waals surface area contributed by atoms with Crippen LogP contribution >= 0.6 is 0 Å². The van der Waals surface area contributed by atoms with E-state index in [2.05, 4.69) is 63.4 Å². The zero-order valence-corrected chi connectivity index (χ0v) is 17.2. The topological polar surface area (TPSA) is 55.1 Å². The molecule has 144 valence electrons. The van der Waals surface area contributed by atoms with Crippen LogP contribution in [0.4, 0.5) is 0 Å². The van der Waals surface area contributed by atoms with Gasteiger partial charge >= 0.3 is 0 Å². The van der Waals surface area contributed by atoms with Crippen LogP contribution in [-0.2, 0) is 4.79 Å². The third-order valence-electron chi connectivity index (χ3n) is 4.87. The van der Waals surface area contributed by atoms with E-state index < -0.39 is 0 Å². The molecule has 0 radical (unpaired) electrons. The molecular formula is C23H36N2O. The molecule has 0 heterocycles. The zero-order valence-electron chi connectivity index (χ0n) is 17.2. The Hall–Kier alpha value is -1.87. The summed E-state index contributed by atoms with van der Waals surface area (Å²) in [5.41, 5.74) is 11.0. The Morgan fingerprint density at radius 1 is 1.23 bits per heavy atom. The summed E-state index contributed by atoms with van der Waals surface area (Å²) in [6.45, 7) is 12.0. The molecule has 1 aliphatic rings. The minimum atomic E-state index is -0.00311. The summed E-state index contributed by atoms with van der Waals surface area (Å²) in [5.74, 6) is -0.00311. The highest BCUT2D eigenvalue weighted by atomic mass is 16.1. The third-order valence-corrected chi connectivity index (χ3v) is 4.87. The van der Waals surface area contributed by atoms with Gasteiger partial charge in [0.25, 0.3) is 0 Å². The van der Waals surface area contributed by atoms with E-state index in [4.69, 9.17) is 5.73 Å². The van der Waals surface area contributed by atoms with Gasteiger partial charge in [0, 0.05) is 19.5 Å². The molecule has 0 fully saturated rings. The molecule has 0 saturated carbocycles. The summed E-state index contributed by atoms with van der Waals surface area (Å²) in [4.78, 5) is 11.3. The van der Waals surface area contributed by atoms with Crippen molar-refractivity contribution in [2.45, 2.75) is 60.3 Å². The molecule has 1 aliphatic carbocycles. The first-order chi connectivity index (χ1) is 12.3.